The maximum absolute atomic E-state index is 12.5. The fourth-order valence-corrected chi connectivity index (χ4v) is 3.06. The smallest absolute Gasteiger partial charge is 0.410 e. The fraction of sp³-hybridized carbons (Fsp3) is 0.346. The number of aliphatic carboxylic acids is 2. The van der Waals surface area contributed by atoms with Crippen LogP contribution in [0.15, 0.2) is 53.5 Å². The lowest BCUT2D eigenvalue weighted by Gasteiger charge is -2.21. The van der Waals surface area contributed by atoms with Crippen molar-refractivity contribution in [2.24, 2.45) is 16.5 Å². The minimum absolute atomic E-state index is 0.0643. The van der Waals surface area contributed by atoms with Crippen LogP contribution in [0.3, 0.4) is 0 Å². The zero-order valence-corrected chi connectivity index (χ0v) is 21.7. The highest BCUT2D eigenvalue weighted by Crippen LogP contribution is 2.17. The molecule has 0 unspecified atom stereocenters. The third-order valence-corrected chi connectivity index (χ3v) is 5.05. The highest BCUT2D eigenvalue weighted by Gasteiger charge is 2.17. The summed E-state index contributed by atoms with van der Waals surface area (Å²) in [6.07, 6.45) is -1.10. The van der Waals surface area contributed by atoms with Crippen molar-refractivity contribution in [1.82, 2.24) is 4.90 Å². The predicted octanol–water partition coefficient (Wildman–Crippen LogP) is 1.73. The maximum Gasteiger partial charge on any atom is 0.410 e. The first kappa shape index (κ1) is 31.5. The molecule has 0 atom stereocenters. The van der Waals surface area contributed by atoms with E-state index in [1.54, 1.807) is 36.4 Å². The van der Waals surface area contributed by atoms with Crippen molar-refractivity contribution in [3.05, 3.63) is 59.7 Å². The second-order valence-corrected chi connectivity index (χ2v) is 8.17. The van der Waals surface area contributed by atoms with Gasteiger partial charge in [0, 0.05) is 13.1 Å². The molecule has 0 saturated heterocycles. The van der Waals surface area contributed by atoms with Gasteiger partial charge in [0.1, 0.15) is 12.4 Å². The number of ether oxygens (including phenoxy) is 4. The number of amides is 1. The van der Waals surface area contributed by atoms with Crippen molar-refractivity contribution >= 4 is 35.6 Å². The van der Waals surface area contributed by atoms with Crippen LogP contribution in [-0.2, 0) is 30.4 Å². The first-order valence-electron chi connectivity index (χ1n) is 12.2. The number of hydrogen-bond acceptors (Lipinski definition) is 9. The second-order valence-electron chi connectivity index (χ2n) is 8.17. The molecule has 0 saturated carbocycles. The maximum atomic E-state index is 12.5. The van der Waals surface area contributed by atoms with Crippen molar-refractivity contribution in [2.75, 3.05) is 39.5 Å². The minimum Gasteiger partial charge on any atom is -0.481 e. The van der Waals surface area contributed by atoms with Gasteiger partial charge in [-0.05, 0) is 42.0 Å². The Kier molecular flexibility index (Phi) is 13.4. The van der Waals surface area contributed by atoms with E-state index < -0.39 is 24.0 Å². The molecule has 0 heterocycles. The molecule has 216 valence electrons. The highest BCUT2D eigenvalue weighted by atomic mass is 16.6. The monoisotopic (exact) mass is 560 g/mol. The lowest BCUT2D eigenvalue weighted by molar-refractivity contribution is -0.138. The van der Waals surface area contributed by atoms with Gasteiger partial charge in [-0.15, -0.1) is 0 Å². The molecule has 14 nitrogen and oxygen atoms in total. The van der Waals surface area contributed by atoms with Crippen molar-refractivity contribution in [3.63, 3.8) is 0 Å². The van der Waals surface area contributed by atoms with Gasteiger partial charge in [-0.3, -0.25) is 9.59 Å². The van der Waals surface area contributed by atoms with Crippen LogP contribution in [0, 0.1) is 0 Å². The molecule has 0 spiro atoms. The molecule has 2 rings (SSSR count). The summed E-state index contributed by atoms with van der Waals surface area (Å²) in [5.74, 6) is -2.44. The molecular formula is C26H32N4O10. The Balaban J connectivity index is 1.80. The van der Waals surface area contributed by atoms with Crippen molar-refractivity contribution in [3.8, 4) is 5.75 Å². The molecule has 0 fully saturated rings. The van der Waals surface area contributed by atoms with Crippen molar-refractivity contribution < 1.29 is 48.3 Å². The fourth-order valence-electron chi connectivity index (χ4n) is 3.06. The topological polar surface area (TPSA) is 213 Å². The third kappa shape index (κ3) is 12.7. The number of carboxylic acids is 2. The van der Waals surface area contributed by atoms with E-state index in [0.717, 1.165) is 0 Å². The van der Waals surface area contributed by atoms with E-state index in [2.05, 4.69) is 4.99 Å². The van der Waals surface area contributed by atoms with Gasteiger partial charge in [-0.1, -0.05) is 12.1 Å². The molecule has 2 aromatic rings. The Morgan fingerprint density at radius 2 is 1.40 bits per heavy atom. The molecule has 0 radical (unpaired) electrons. The number of carbonyl (C=O) groups is 4. The standard InChI is InChI=1S/C26H32N4O10/c27-25(28)29-20-5-3-19(4-6-20)24(35)40-21-7-1-18(2-8-21)17-39-26(36)30(11-9-22(31)32)12-14-38-16-15-37-13-10-23(33)34/h1-8H,9-17H2,(H,31,32)(H,33,34)(H4,27,28,29). The molecule has 0 aliphatic carbocycles. The Bertz CT molecular complexity index is 1150. The van der Waals surface area contributed by atoms with E-state index in [-0.39, 0.29) is 70.7 Å². The first-order chi connectivity index (χ1) is 19.1. The summed E-state index contributed by atoms with van der Waals surface area (Å²) in [6.45, 7) is 0.451. The number of carboxylic acid groups (broad SMARTS) is 2. The van der Waals surface area contributed by atoms with Gasteiger partial charge in [0.15, 0.2) is 5.96 Å². The quantitative estimate of drug-likeness (QED) is 0.0716. The van der Waals surface area contributed by atoms with Gasteiger partial charge in [0.05, 0.1) is 50.5 Å². The molecular weight excluding hydrogens is 528 g/mol. The van der Waals surface area contributed by atoms with Crippen LogP contribution >= 0.6 is 0 Å². The SMILES string of the molecule is NC(N)=Nc1ccc(C(=O)Oc2ccc(COC(=O)N(CCOCCOCCC(=O)O)CCC(=O)O)cc2)cc1. The summed E-state index contributed by atoms with van der Waals surface area (Å²) in [7, 11) is 0. The van der Waals surface area contributed by atoms with Crippen molar-refractivity contribution in [2.45, 2.75) is 19.4 Å². The number of aliphatic imine (C=N–C) groups is 1. The average molecular weight is 561 g/mol. The lowest BCUT2D eigenvalue weighted by atomic mass is 10.2. The zero-order chi connectivity index (χ0) is 29.3. The van der Waals surface area contributed by atoms with Gasteiger partial charge in [-0.25, -0.2) is 14.6 Å². The van der Waals surface area contributed by atoms with Crippen LogP contribution in [0.4, 0.5) is 10.5 Å². The summed E-state index contributed by atoms with van der Waals surface area (Å²) in [4.78, 5) is 51.4. The molecule has 40 heavy (non-hydrogen) atoms. The number of nitrogens with two attached hydrogens (primary N) is 2. The first-order valence-corrected chi connectivity index (χ1v) is 12.2. The molecule has 0 aliphatic heterocycles. The van der Waals surface area contributed by atoms with Crippen molar-refractivity contribution in [1.29, 1.82) is 0 Å². The highest BCUT2D eigenvalue weighted by molar-refractivity contribution is 5.91. The van der Waals surface area contributed by atoms with Gasteiger partial charge in [0.25, 0.3) is 0 Å². The molecule has 1 amide bonds. The van der Waals surface area contributed by atoms with Crippen LogP contribution < -0.4 is 16.2 Å². The summed E-state index contributed by atoms with van der Waals surface area (Å²) >= 11 is 0. The summed E-state index contributed by atoms with van der Waals surface area (Å²) in [5.41, 5.74) is 12.0. The number of benzene rings is 2. The summed E-state index contributed by atoms with van der Waals surface area (Å²) < 4.78 is 21.1. The predicted molar refractivity (Wildman–Crippen MR) is 141 cm³/mol. The number of nitrogens with zero attached hydrogens (tertiary/aromatic N) is 2. The number of carbonyl (C=O) groups excluding carboxylic acids is 2. The van der Waals surface area contributed by atoms with E-state index in [4.69, 9.17) is 40.6 Å². The van der Waals surface area contributed by atoms with Crippen LogP contribution in [0.25, 0.3) is 0 Å². The van der Waals surface area contributed by atoms with E-state index in [1.165, 1.54) is 17.0 Å². The Labute approximate surface area is 230 Å². The van der Waals surface area contributed by atoms with Crippen LogP contribution in [0.2, 0.25) is 0 Å². The van der Waals surface area contributed by atoms with E-state index in [0.29, 0.717) is 16.8 Å². The number of rotatable bonds is 17. The van der Waals surface area contributed by atoms with E-state index in [9.17, 15) is 19.2 Å². The number of esters is 1. The van der Waals surface area contributed by atoms with Crippen LogP contribution in [0.1, 0.15) is 28.8 Å². The summed E-state index contributed by atoms with van der Waals surface area (Å²) in [5, 5.41) is 17.5. The normalized spacial score (nSPS) is 10.4. The van der Waals surface area contributed by atoms with E-state index >= 15 is 0 Å². The van der Waals surface area contributed by atoms with Gasteiger partial charge in [0.2, 0.25) is 0 Å². The van der Waals surface area contributed by atoms with Crippen LogP contribution in [-0.4, -0.2) is 84.6 Å². The molecule has 6 N–H and O–H groups in total. The molecule has 14 heteroatoms. The molecule has 0 bridgehead atoms. The van der Waals surface area contributed by atoms with Gasteiger partial charge < -0.3 is 45.5 Å². The third-order valence-electron chi connectivity index (χ3n) is 5.05. The average Bonchev–Trinajstić information content (AvgIpc) is 2.91. The zero-order valence-electron chi connectivity index (χ0n) is 21.7. The minimum atomic E-state index is -1.07. The Morgan fingerprint density at radius 1 is 0.775 bits per heavy atom. The largest absolute Gasteiger partial charge is 0.481 e. The molecule has 0 aliphatic rings. The number of hydrogen-bond donors (Lipinski definition) is 4. The Morgan fingerprint density at radius 3 is 2.00 bits per heavy atom. The van der Waals surface area contributed by atoms with E-state index in [1.807, 2.05) is 0 Å². The molecule has 0 aromatic heterocycles. The lowest BCUT2D eigenvalue weighted by Crippen LogP contribution is -2.36. The van der Waals surface area contributed by atoms with Gasteiger partial charge >= 0.3 is 24.0 Å². The van der Waals surface area contributed by atoms with Gasteiger partial charge in [-0.2, -0.15) is 0 Å². The second kappa shape index (κ2) is 17.0. The van der Waals surface area contributed by atoms with Crippen LogP contribution in [0.5, 0.6) is 5.75 Å². The number of guanidine groups is 1. The summed E-state index contributed by atoms with van der Waals surface area (Å²) in [6, 6.07) is 12.5. The molecule has 2 aromatic carbocycles. The Hall–Kier alpha value is -4.69.